The molecule has 0 bridgehead atoms. The summed E-state index contributed by atoms with van der Waals surface area (Å²) in [5, 5.41) is 5.06. The van der Waals surface area contributed by atoms with Gasteiger partial charge in [-0.15, -0.1) is 11.3 Å². The molecule has 1 aliphatic rings. The summed E-state index contributed by atoms with van der Waals surface area (Å²) < 4.78 is 5.76. The van der Waals surface area contributed by atoms with Crippen LogP contribution in [0.4, 0.5) is 4.79 Å². The Morgan fingerprint density at radius 1 is 1.12 bits per heavy atom. The molecule has 1 atom stereocenters. The van der Waals surface area contributed by atoms with Crippen LogP contribution in [-0.4, -0.2) is 53.1 Å². The maximum absolute atomic E-state index is 13.5. The second kappa shape index (κ2) is 11.0. The van der Waals surface area contributed by atoms with E-state index in [0.717, 1.165) is 18.4 Å². The monoisotopic (exact) mass is 457 g/mol. The topological polar surface area (TPSA) is 61.9 Å². The summed E-state index contributed by atoms with van der Waals surface area (Å²) in [6.07, 6.45) is 1.89. The van der Waals surface area contributed by atoms with Gasteiger partial charge in [-0.25, -0.2) is 4.79 Å². The molecule has 6 nitrogen and oxygen atoms in total. The summed E-state index contributed by atoms with van der Waals surface area (Å²) in [7, 11) is 0. The van der Waals surface area contributed by atoms with Gasteiger partial charge in [-0.2, -0.15) is 0 Å². The molecule has 1 aromatic carbocycles. The van der Waals surface area contributed by atoms with Crippen LogP contribution in [0.2, 0.25) is 0 Å². The highest BCUT2D eigenvalue weighted by atomic mass is 32.1. The number of hydrogen-bond acceptors (Lipinski definition) is 4. The van der Waals surface area contributed by atoms with E-state index in [9.17, 15) is 9.59 Å². The Morgan fingerprint density at radius 2 is 1.88 bits per heavy atom. The van der Waals surface area contributed by atoms with E-state index in [2.05, 4.69) is 23.7 Å². The Bertz CT molecular complexity index is 885. The lowest BCUT2D eigenvalue weighted by atomic mass is 10.1. The zero-order chi connectivity index (χ0) is 23.1. The Balaban J connectivity index is 1.77. The summed E-state index contributed by atoms with van der Waals surface area (Å²) in [6, 6.07) is 11.8. The van der Waals surface area contributed by atoms with Crippen LogP contribution in [0.3, 0.4) is 0 Å². The van der Waals surface area contributed by atoms with E-state index in [-0.39, 0.29) is 30.1 Å². The van der Waals surface area contributed by atoms with Crippen LogP contribution >= 0.6 is 11.3 Å². The van der Waals surface area contributed by atoms with Gasteiger partial charge >= 0.3 is 6.03 Å². The highest BCUT2D eigenvalue weighted by Crippen LogP contribution is 2.20. The standard InChI is InChI=1S/C25H35N3O3S/c1-19-12-14-32-22(19)17-27(15-20-9-6-5-7-10-20)23(29)18-28(16-21-11-8-13-31-21)24(30)26-25(2,3)4/h5-7,9-10,12,14,21H,8,11,13,15-18H2,1-4H3,(H,26,30). The smallest absolute Gasteiger partial charge is 0.318 e. The Hall–Kier alpha value is -2.38. The summed E-state index contributed by atoms with van der Waals surface area (Å²) in [5.41, 5.74) is 1.87. The Morgan fingerprint density at radius 3 is 2.47 bits per heavy atom. The molecule has 7 heteroatoms. The molecule has 174 valence electrons. The molecular weight excluding hydrogens is 422 g/mol. The lowest BCUT2D eigenvalue weighted by molar-refractivity contribution is -0.133. The fraction of sp³-hybridized carbons (Fsp3) is 0.520. The van der Waals surface area contributed by atoms with Crippen LogP contribution in [0.1, 0.15) is 49.6 Å². The van der Waals surface area contributed by atoms with Gasteiger partial charge in [-0.05, 0) is 63.1 Å². The number of hydrogen-bond donors (Lipinski definition) is 1. The predicted octanol–water partition coefficient (Wildman–Crippen LogP) is 4.57. The van der Waals surface area contributed by atoms with Crippen molar-refractivity contribution in [3.05, 3.63) is 57.8 Å². The van der Waals surface area contributed by atoms with Crippen LogP contribution in [0.25, 0.3) is 0 Å². The molecule has 32 heavy (non-hydrogen) atoms. The highest BCUT2D eigenvalue weighted by Gasteiger charge is 2.28. The van der Waals surface area contributed by atoms with Gasteiger partial charge in [0.2, 0.25) is 5.91 Å². The van der Waals surface area contributed by atoms with Gasteiger partial charge in [0.1, 0.15) is 6.54 Å². The van der Waals surface area contributed by atoms with Crippen LogP contribution in [0.5, 0.6) is 0 Å². The number of amides is 3. The van der Waals surface area contributed by atoms with Gasteiger partial charge in [0, 0.05) is 30.1 Å². The SMILES string of the molecule is Cc1ccsc1CN(Cc1ccccc1)C(=O)CN(CC1CCCO1)C(=O)NC(C)(C)C. The van der Waals surface area contributed by atoms with E-state index in [1.807, 2.05) is 56.0 Å². The number of thiophene rings is 1. The van der Waals surface area contributed by atoms with Gasteiger partial charge in [-0.1, -0.05) is 30.3 Å². The van der Waals surface area contributed by atoms with E-state index < -0.39 is 0 Å². The van der Waals surface area contributed by atoms with Gasteiger partial charge < -0.3 is 19.9 Å². The average Bonchev–Trinajstić information content (AvgIpc) is 3.38. The number of carbonyl (C=O) groups excluding carboxylic acids is 2. The van der Waals surface area contributed by atoms with Gasteiger partial charge in [0.15, 0.2) is 0 Å². The molecule has 1 fully saturated rings. The Kier molecular flexibility index (Phi) is 8.32. The van der Waals surface area contributed by atoms with Crippen molar-refractivity contribution >= 4 is 23.3 Å². The third-order valence-corrected chi connectivity index (χ3v) is 6.42. The fourth-order valence-electron chi connectivity index (χ4n) is 3.69. The molecule has 2 heterocycles. The fourth-order valence-corrected chi connectivity index (χ4v) is 4.61. The van der Waals surface area contributed by atoms with Crippen molar-refractivity contribution < 1.29 is 14.3 Å². The zero-order valence-corrected chi connectivity index (χ0v) is 20.4. The first-order valence-electron chi connectivity index (χ1n) is 11.2. The van der Waals surface area contributed by atoms with E-state index >= 15 is 0 Å². The maximum atomic E-state index is 13.5. The summed E-state index contributed by atoms with van der Waals surface area (Å²) in [6.45, 7) is 10.1. The quantitative estimate of drug-likeness (QED) is 0.631. The van der Waals surface area contributed by atoms with E-state index in [1.54, 1.807) is 16.2 Å². The van der Waals surface area contributed by atoms with Crippen LogP contribution < -0.4 is 5.32 Å². The van der Waals surface area contributed by atoms with Crippen molar-refractivity contribution in [2.45, 2.75) is 65.3 Å². The van der Waals surface area contributed by atoms with Crippen LogP contribution in [0.15, 0.2) is 41.8 Å². The molecule has 1 unspecified atom stereocenters. The molecule has 0 saturated carbocycles. The summed E-state index contributed by atoms with van der Waals surface area (Å²) in [4.78, 5) is 31.2. The first-order valence-corrected chi connectivity index (χ1v) is 12.1. The molecule has 3 rings (SSSR count). The van der Waals surface area contributed by atoms with Gasteiger partial charge in [0.05, 0.1) is 12.6 Å². The largest absolute Gasteiger partial charge is 0.376 e. The zero-order valence-electron chi connectivity index (χ0n) is 19.6. The number of benzene rings is 1. The lowest BCUT2D eigenvalue weighted by Crippen LogP contribution is -2.53. The minimum atomic E-state index is -0.382. The average molecular weight is 458 g/mol. The molecule has 1 N–H and O–H groups in total. The third-order valence-electron chi connectivity index (χ3n) is 5.41. The van der Waals surface area contributed by atoms with E-state index in [0.29, 0.717) is 26.2 Å². The molecule has 2 aromatic rings. The molecule has 1 aliphatic heterocycles. The number of nitrogens with one attached hydrogen (secondary N) is 1. The first-order chi connectivity index (χ1) is 15.2. The molecule has 0 radical (unpaired) electrons. The maximum Gasteiger partial charge on any atom is 0.318 e. The van der Waals surface area contributed by atoms with E-state index in [1.165, 1.54) is 10.4 Å². The minimum Gasteiger partial charge on any atom is -0.376 e. The minimum absolute atomic E-state index is 0.0179. The molecule has 0 aliphatic carbocycles. The van der Waals surface area contributed by atoms with Gasteiger partial charge in [0.25, 0.3) is 0 Å². The number of ether oxygens (including phenoxy) is 1. The third kappa shape index (κ3) is 7.35. The van der Waals surface area contributed by atoms with Crippen molar-refractivity contribution in [3.63, 3.8) is 0 Å². The predicted molar refractivity (Wildman–Crippen MR) is 129 cm³/mol. The summed E-state index contributed by atoms with van der Waals surface area (Å²) >= 11 is 1.66. The number of nitrogens with zero attached hydrogens (tertiary/aromatic N) is 2. The highest BCUT2D eigenvalue weighted by molar-refractivity contribution is 7.10. The second-order valence-electron chi connectivity index (χ2n) is 9.46. The first kappa shape index (κ1) is 24.3. The van der Waals surface area contributed by atoms with Crippen molar-refractivity contribution in [1.29, 1.82) is 0 Å². The molecule has 3 amide bonds. The number of rotatable bonds is 8. The normalized spacial score (nSPS) is 16.1. The molecular formula is C25H35N3O3S. The van der Waals surface area contributed by atoms with Crippen LogP contribution in [-0.2, 0) is 22.6 Å². The lowest BCUT2D eigenvalue weighted by Gasteiger charge is -2.31. The van der Waals surface area contributed by atoms with Crippen molar-refractivity contribution in [3.8, 4) is 0 Å². The molecule has 1 saturated heterocycles. The van der Waals surface area contributed by atoms with Crippen molar-refractivity contribution in [2.24, 2.45) is 0 Å². The number of aryl methyl sites for hydroxylation is 1. The summed E-state index contributed by atoms with van der Waals surface area (Å²) in [5.74, 6) is -0.0660. The number of urea groups is 1. The Labute approximate surface area is 195 Å². The van der Waals surface area contributed by atoms with Crippen molar-refractivity contribution in [1.82, 2.24) is 15.1 Å². The van der Waals surface area contributed by atoms with Gasteiger partial charge in [-0.3, -0.25) is 4.79 Å². The van der Waals surface area contributed by atoms with Crippen LogP contribution in [0, 0.1) is 6.92 Å². The second-order valence-corrected chi connectivity index (χ2v) is 10.5. The van der Waals surface area contributed by atoms with E-state index in [4.69, 9.17) is 4.74 Å². The molecule has 1 aromatic heterocycles. The van der Waals surface area contributed by atoms with Crippen molar-refractivity contribution in [2.75, 3.05) is 19.7 Å². The number of carbonyl (C=O) groups is 2. The molecule has 0 spiro atoms.